The summed E-state index contributed by atoms with van der Waals surface area (Å²) in [6, 6.07) is -0.176. The standard InChI is InChI=1S/C9H17NO/c1-2-4-8(10)9(11)7-5-3-6-7/h7-8H,2-6,10H2,1H3/t8-/m0/s1. The van der Waals surface area contributed by atoms with E-state index in [9.17, 15) is 4.79 Å². The molecule has 1 aliphatic carbocycles. The lowest BCUT2D eigenvalue weighted by Gasteiger charge is -2.26. The summed E-state index contributed by atoms with van der Waals surface area (Å²) in [5, 5.41) is 0. The lowest BCUT2D eigenvalue weighted by atomic mass is 9.79. The van der Waals surface area contributed by atoms with Gasteiger partial charge in [-0.1, -0.05) is 19.8 Å². The van der Waals surface area contributed by atoms with Crippen LogP contribution in [0.3, 0.4) is 0 Å². The van der Waals surface area contributed by atoms with E-state index >= 15 is 0 Å². The second-order valence-electron chi connectivity index (χ2n) is 3.43. The van der Waals surface area contributed by atoms with Crippen LogP contribution in [0, 0.1) is 5.92 Å². The molecule has 1 atom stereocenters. The van der Waals surface area contributed by atoms with E-state index in [1.54, 1.807) is 0 Å². The Labute approximate surface area is 68.2 Å². The first kappa shape index (κ1) is 8.72. The number of rotatable bonds is 4. The molecule has 0 aliphatic heterocycles. The Balaban J connectivity index is 2.27. The Morgan fingerprint density at radius 2 is 2.27 bits per heavy atom. The van der Waals surface area contributed by atoms with Crippen molar-refractivity contribution in [1.29, 1.82) is 0 Å². The Hall–Kier alpha value is -0.370. The van der Waals surface area contributed by atoms with Crippen LogP contribution in [0.5, 0.6) is 0 Å². The largest absolute Gasteiger partial charge is 0.321 e. The van der Waals surface area contributed by atoms with E-state index in [-0.39, 0.29) is 6.04 Å². The molecule has 0 heterocycles. The van der Waals surface area contributed by atoms with Crippen LogP contribution in [-0.4, -0.2) is 11.8 Å². The quantitative estimate of drug-likeness (QED) is 0.668. The van der Waals surface area contributed by atoms with Gasteiger partial charge >= 0.3 is 0 Å². The summed E-state index contributed by atoms with van der Waals surface area (Å²) in [5.74, 6) is 0.620. The van der Waals surface area contributed by atoms with E-state index in [0.29, 0.717) is 11.7 Å². The van der Waals surface area contributed by atoms with Crippen molar-refractivity contribution in [1.82, 2.24) is 0 Å². The van der Waals surface area contributed by atoms with Crippen LogP contribution < -0.4 is 5.73 Å². The minimum absolute atomic E-state index is 0.176. The first-order chi connectivity index (χ1) is 5.25. The van der Waals surface area contributed by atoms with Crippen molar-refractivity contribution in [3.63, 3.8) is 0 Å². The van der Waals surface area contributed by atoms with Gasteiger partial charge in [-0.05, 0) is 19.3 Å². The number of carbonyl (C=O) groups excluding carboxylic acids is 1. The van der Waals surface area contributed by atoms with Crippen molar-refractivity contribution in [2.75, 3.05) is 0 Å². The molecule has 1 aliphatic rings. The maximum Gasteiger partial charge on any atom is 0.152 e. The van der Waals surface area contributed by atoms with Gasteiger partial charge in [-0.25, -0.2) is 0 Å². The summed E-state index contributed by atoms with van der Waals surface area (Å²) in [7, 11) is 0. The smallest absolute Gasteiger partial charge is 0.152 e. The monoisotopic (exact) mass is 155 g/mol. The van der Waals surface area contributed by atoms with E-state index < -0.39 is 0 Å². The van der Waals surface area contributed by atoms with E-state index in [0.717, 1.165) is 25.7 Å². The molecule has 2 nitrogen and oxygen atoms in total. The lowest BCUT2D eigenvalue weighted by molar-refractivity contribution is -0.126. The van der Waals surface area contributed by atoms with E-state index in [1.165, 1.54) is 6.42 Å². The zero-order valence-corrected chi connectivity index (χ0v) is 7.18. The maximum atomic E-state index is 11.4. The van der Waals surface area contributed by atoms with Crippen molar-refractivity contribution in [2.24, 2.45) is 11.7 Å². The van der Waals surface area contributed by atoms with Gasteiger partial charge in [0.25, 0.3) is 0 Å². The molecule has 64 valence electrons. The second kappa shape index (κ2) is 3.86. The number of Topliss-reactive ketones (excluding diaryl/α,β-unsaturated/α-hetero) is 1. The number of ketones is 1. The van der Waals surface area contributed by atoms with Crippen LogP contribution in [0.25, 0.3) is 0 Å². The third-order valence-corrected chi connectivity index (χ3v) is 2.47. The summed E-state index contributed by atoms with van der Waals surface area (Å²) < 4.78 is 0. The summed E-state index contributed by atoms with van der Waals surface area (Å²) in [4.78, 5) is 11.4. The Morgan fingerprint density at radius 1 is 1.64 bits per heavy atom. The fourth-order valence-corrected chi connectivity index (χ4v) is 1.45. The molecule has 2 heteroatoms. The molecule has 0 aromatic rings. The summed E-state index contributed by atoms with van der Waals surface area (Å²) in [6.07, 6.45) is 5.25. The molecule has 0 unspecified atom stereocenters. The molecule has 0 aromatic carbocycles. The molecule has 1 rings (SSSR count). The summed E-state index contributed by atoms with van der Waals surface area (Å²) in [5.41, 5.74) is 5.69. The number of hydrogen-bond acceptors (Lipinski definition) is 2. The molecule has 0 saturated heterocycles. The molecule has 0 spiro atoms. The minimum Gasteiger partial charge on any atom is -0.321 e. The Kier molecular flexibility index (Phi) is 3.06. The molecule has 0 radical (unpaired) electrons. The highest BCUT2D eigenvalue weighted by atomic mass is 16.1. The molecule has 0 aromatic heterocycles. The van der Waals surface area contributed by atoms with Crippen LogP contribution in [-0.2, 0) is 4.79 Å². The normalized spacial score (nSPS) is 20.9. The highest BCUT2D eigenvalue weighted by Gasteiger charge is 2.28. The Morgan fingerprint density at radius 3 is 2.64 bits per heavy atom. The SMILES string of the molecule is CCC[C@H](N)C(=O)C1CCC1. The molecular weight excluding hydrogens is 138 g/mol. The first-order valence-corrected chi connectivity index (χ1v) is 4.55. The maximum absolute atomic E-state index is 11.4. The van der Waals surface area contributed by atoms with Gasteiger partial charge in [-0.3, -0.25) is 4.79 Å². The van der Waals surface area contributed by atoms with Crippen molar-refractivity contribution >= 4 is 5.78 Å². The van der Waals surface area contributed by atoms with Crippen molar-refractivity contribution in [3.8, 4) is 0 Å². The predicted octanol–water partition coefficient (Wildman–Crippen LogP) is 1.48. The lowest BCUT2D eigenvalue weighted by Crippen LogP contribution is -2.38. The molecule has 1 saturated carbocycles. The van der Waals surface area contributed by atoms with Gasteiger partial charge in [-0.15, -0.1) is 0 Å². The average molecular weight is 155 g/mol. The van der Waals surface area contributed by atoms with Gasteiger partial charge in [0.1, 0.15) is 0 Å². The van der Waals surface area contributed by atoms with Crippen molar-refractivity contribution in [3.05, 3.63) is 0 Å². The van der Waals surface area contributed by atoms with E-state index in [2.05, 4.69) is 6.92 Å². The van der Waals surface area contributed by atoms with Crippen LogP contribution in [0.4, 0.5) is 0 Å². The van der Waals surface area contributed by atoms with Crippen molar-refractivity contribution < 1.29 is 4.79 Å². The Bertz CT molecular complexity index is 140. The van der Waals surface area contributed by atoms with Crippen LogP contribution in [0.15, 0.2) is 0 Å². The van der Waals surface area contributed by atoms with Gasteiger partial charge in [0.15, 0.2) is 5.78 Å². The molecule has 1 fully saturated rings. The number of hydrogen-bond donors (Lipinski definition) is 1. The molecular formula is C9H17NO. The van der Waals surface area contributed by atoms with Gasteiger partial charge in [0, 0.05) is 5.92 Å². The van der Waals surface area contributed by atoms with E-state index in [4.69, 9.17) is 5.73 Å². The topological polar surface area (TPSA) is 43.1 Å². The molecule has 11 heavy (non-hydrogen) atoms. The molecule has 2 N–H and O–H groups in total. The molecule has 0 amide bonds. The van der Waals surface area contributed by atoms with Gasteiger partial charge < -0.3 is 5.73 Å². The van der Waals surface area contributed by atoms with Crippen LogP contribution in [0.2, 0.25) is 0 Å². The third kappa shape index (κ3) is 2.03. The summed E-state index contributed by atoms with van der Waals surface area (Å²) in [6.45, 7) is 2.06. The predicted molar refractivity (Wildman–Crippen MR) is 45.2 cm³/mol. The van der Waals surface area contributed by atoms with Gasteiger partial charge in [0.05, 0.1) is 6.04 Å². The highest BCUT2D eigenvalue weighted by molar-refractivity contribution is 5.86. The number of carbonyl (C=O) groups is 1. The van der Waals surface area contributed by atoms with Gasteiger partial charge in [-0.2, -0.15) is 0 Å². The second-order valence-corrected chi connectivity index (χ2v) is 3.43. The average Bonchev–Trinajstić information content (AvgIpc) is 1.84. The fourth-order valence-electron chi connectivity index (χ4n) is 1.45. The fraction of sp³-hybridized carbons (Fsp3) is 0.889. The summed E-state index contributed by atoms with van der Waals surface area (Å²) >= 11 is 0. The minimum atomic E-state index is -0.176. The molecule has 0 bridgehead atoms. The zero-order chi connectivity index (χ0) is 8.27. The van der Waals surface area contributed by atoms with Gasteiger partial charge in [0.2, 0.25) is 0 Å². The highest BCUT2D eigenvalue weighted by Crippen LogP contribution is 2.28. The first-order valence-electron chi connectivity index (χ1n) is 4.55. The third-order valence-electron chi connectivity index (χ3n) is 2.47. The van der Waals surface area contributed by atoms with Crippen LogP contribution >= 0.6 is 0 Å². The number of nitrogens with two attached hydrogens (primary N) is 1. The van der Waals surface area contributed by atoms with Crippen LogP contribution in [0.1, 0.15) is 39.0 Å². The van der Waals surface area contributed by atoms with Crippen molar-refractivity contribution in [2.45, 2.75) is 45.1 Å². The van der Waals surface area contributed by atoms with E-state index in [1.807, 2.05) is 0 Å². The zero-order valence-electron chi connectivity index (χ0n) is 7.18.